The zero-order valence-corrected chi connectivity index (χ0v) is 19.2. The third-order valence-corrected chi connectivity index (χ3v) is 6.19. The third-order valence-electron chi connectivity index (χ3n) is 4.99. The fraction of sp³-hybridized carbons (Fsp3) is 0.318. The minimum atomic E-state index is -0.104. The quantitative estimate of drug-likeness (QED) is 0.523. The number of hydrogen-bond acceptors (Lipinski definition) is 4. The second kappa shape index (κ2) is 10.1. The van der Waals surface area contributed by atoms with Crippen molar-refractivity contribution in [3.8, 4) is 0 Å². The molecule has 1 aromatic heterocycles. The van der Waals surface area contributed by atoms with Crippen LogP contribution in [0.3, 0.4) is 0 Å². The van der Waals surface area contributed by atoms with Crippen LogP contribution in [0, 0.1) is 6.92 Å². The van der Waals surface area contributed by atoms with Crippen LogP contribution < -0.4 is 10.2 Å². The third kappa shape index (κ3) is 5.62. The predicted molar refractivity (Wildman–Crippen MR) is 122 cm³/mol. The Morgan fingerprint density at radius 2 is 1.93 bits per heavy atom. The molecule has 1 amide bonds. The molecule has 6 nitrogen and oxygen atoms in total. The molecule has 0 bridgehead atoms. The van der Waals surface area contributed by atoms with Gasteiger partial charge in [0.15, 0.2) is 11.0 Å². The summed E-state index contributed by atoms with van der Waals surface area (Å²) in [4.78, 5) is 13.8. The van der Waals surface area contributed by atoms with E-state index in [0.717, 1.165) is 22.2 Å². The second-order valence-corrected chi connectivity index (χ2v) is 8.89. The van der Waals surface area contributed by atoms with Gasteiger partial charge in [0.2, 0.25) is 5.91 Å². The first kappa shape index (κ1) is 22.3. The van der Waals surface area contributed by atoms with Gasteiger partial charge >= 0.3 is 0 Å². The number of carbonyl (C=O) groups is 1. The number of quaternary nitrogens is 1. The van der Waals surface area contributed by atoms with Gasteiger partial charge in [0.1, 0.15) is 6.04 Å². The minimum absolute atomic E-state index is 0.104. The van der Waals surface area contributed by atoms with Gasteiger partial charge in [-0.1, -0.05) is 59.8 Å². The highest BCUT2D eigenvalue weighted by Crippen LogP contribution is 2.23. The Hall–Kier alpha value is -2.35. The van der Waals surface area contributed by atoms with Crippen molar-refractivity contribution in [2.75, 3.05) is 25.2 Å². The van der Waals surface area contributed by atoms with Gasteiger partial charge in [0.25, 0.3) is 0 Å². The molecule has 1 heterocycles. The molecule has 2 N–H and O–H groups in total. The summed E-state index contributed by atoms with van der Waals surface area (Å²) in [5.41, 5.74) is 2.86. The van der Waals surface area contributed by atoms with Gasteiger partial charge in [-0.2, -0.15) is 0 Å². The van der Waals surface area contributed by atoms with Crippen molar-refractivity contribution in [1.82, 2.24) is 14.8 Å². The second-order valence-electron chi connectivity index (χ2n) is 7.51. The van der Waals surface area contributed by atoms with Crippen molar-refractivity contribution in [3.63, 3.8) is 0 Å². The minimum Gasteiger partial charge on any atom is -0.331 e. The average molecular weight is 445 g/mol. The summed E-state index contributed by atoms with van der Waals surface area (Å²) in [7, 11) is 4.19. The predicted octanol–water partition coefficient (Wildman–Crippen LogP) is 3.22. The number of nitrogens with zero attached hydrogens (tertiary/aromatic N) is 3. The van der Waals surface area contributed by atoms with E-state index in [2.05, 4.69) is 53.2 Å². The molecule has 0 radical (unpaired) electrons. The lowest BCUT2D eigenvalue weighted by Gasteiger charge is -2.18. The van der Waals surface area contributed by atoms with Gasteiger partial charge in [-0.15, -0.1) is 10.2 Å². The molecule has 1 atom stereocenters. The molecule has 0 fully saturated rings. The van der Waals surface area contributed by atoms with Crippen LogP contribution in [0.5, 0.6) is 0 Å². The largest absolute Gasteiger partial charge is 0.331 e. The van der Waals surface area contributed by atoms with Gasteiger partial charge in [0.05, 0.1) is 26.4 Å². The zero-order valence-electron chi connectivity index (χ0n) is 17.6. The van der Waals surface area contributed by atoms with Crippen LogP contribution in [0.25, 0.3) is 0 Å². The van der Waals surface area contributed by atoms with Crippen molar-refractivity contribution in [2.24, 2.45) is 0 Å². The molecule has 0 aliphatic heterocycles. The summed E-state index contributed by atoms with van der Waals surface area (Å²) in [6.45, 7) is 4.73. The normalized spacial score (nSPS) is 12.2. The van der Waals surface area contributed by atoms with E-state index in [9.17, 15) is 4.79 Å². The first-order chi connectivity index (χ1) is 14.3. The number of carbonyl (C=O) groups excluding carboxylic acids is 1. The van der Waals surface area contributed by atoms with Crippen LogP contribution in [-0.4, -0.2) is 40.5 Å². The lowest BCUT2D eigenvalue weighted by Crippen LogP contribution is -3.05. The Labute approximate surface area is 186 Å². The highest BCUT2D eigenvalue weighted by Gasteiger charge is 2.23. The van der Waals surface area contributed by atoms with Crippen molar-refractivity contribution >= 4 is 35.0 Å². The molecule has 2 aromatic carbocycles. The number of benzene rings is 2. The van der Waals surface area contributed by atoms with E-state index >= 15 is 0 Å². The van der Waals surface area contributed by atoms with Gasteiger partial charge in [-0.25, -0.2) is 0 Å². The number of hydrogen-bond donors (Lipinski definition) is 2. The molecule has 0 saturated carbocycles. The van der Waals surface area contributed by atoms with Crippen LogP contribution >= 0.6 is 23.4 Å². The standard InChI is InChI=1S/C22H26ClN5OS/c1-15-10-11-18(23)12-19(15)24-20(29)14-30-22-26-25-21(16(2)27(3)4)28(22)13-17-8-6-5-7-9-17/h5-12,16H,13-14H2,1-4H3,(H,24,29)/p+1/t16-/m1/s1. The van der Waals surface area contributed by atoms with Gasteiger partial charge in [-0.3, -0.25) is 9.36 Å². The molecule has 0 saturated heterocycles. The summed E-state index contributed by atoms with van der Waals surface area (Å²) < 4.78 is 2.11. The topological polar surface area (TPSA) is 64.2 Å². The van der Waals surface area contributed by atoms with Gasteiger partial charge < -0.3 is 10.2 Å². The van der Waals surface area contributed by atoms with Crippen molar-refractivity contribution in [1.29, 1.82) is 0 Å². The number of halogens is 1. The fourth-order valence-corrected chi connectivity index (χ4v) is 3.86. The Kier molecular flexibility index (Phi) is 7.53. The van der Waals surface area contributed by atoms with Crippen molar-refractivity contribution < 1.29 is 9.69 Å². The zero-order chi connectivity index (χ0) is 21.7. The van der Waals surface area contributed by atoms with Crippen molar-refractivity contribution in [3.05, 3.63) is 70.5 Å². The van der Waals surface area contributed by atoms with Crippen LogP contribution in [0.1, 0.15) is 29.9 Å². The van der Waals surface area contributed by atoms with Gasteiger partial charge in [-0.05, 0) is 37.1 Å². The number of amides is 1. The van der Waals surface area contributed by atoms with Crippen LogP contribution in [0.15, 0.2) is 53.7 Å². The molecule has 158 valence electrons. The summed E-state index contributed by atoms with van der Waals surface area (Å²) in [5.74, 6) is 1.04. The van der Waals surface area contributed by atoms with Crippen LogP contribution in [0.2, 0.25) is 5.02 Å². The maximum atomic E-state index is 12.5. The Balaban J connectivity index is 1.76. The maximum absolute atomic E-state index is 12.5. The SMILES string of the molecule is Cc1ccc(Cl)cc1NC(=O)CSc1nnc([C@@H](C)[NH+](C)C)n1Cc1ccccc1. The summed E-state index contributed by atoms with van der Waals surface area (Å²) in [6.07, 6.45) is 0. The number of aryl methyl sites for hydroxylation is 1. The van der Waals surface area contributed by atoms with E-state index in [0.29, 0.717) is 11.6 Å². The summed E-state index contributed by atoms with van der Waals surface area (Å²) in [6, 6.07) is 15.8. The molecular weight excluding hydrogens is 418 g/mol. The number of aromatic nitrogens is 3. The average Bonchev–Trinajstić information content (AvgIpc) is 3.11. The fourth-order valence-electron chi connectivity index (χ4n) is 2.95. The van der Waals surface area contributed by atoms with E-state index < -0.39 is 0 Å². The molecule has 30 heavy (non-hydrogen) atoms. The highest BCUT2D eigenvalue weighted by atomic mass is 35.5. The monoisotopic (exact) mass is 444 g/mol. The number of nitrogens with one attached hydrogen (secondary N) is 2. The Morgan fingerprint density at radius 3 is 2.63 bits per heavy atom. The number of anilines is 1. The first-order valence-electron chi connectivity index (χ1n) is 9.81. The molecule has 8 heteroatoms. The van der Waals surface area contributed by atoms with Gasteiger partial charge in [0, 0.05) is 10.7 Å². The molecule has 0 unspecified atom stereocenters. The lowest BCUT2D eigenvalue weighted by atomic mass is 10.2. The van der Waals surface area contributed by atoms with E-state index in [1.165, 1.54) is 22.2 Å². The lowest BCUT2D eigenvalue weighted by molar-refractivity contribution is -0.890. The molecular formula is C22H27ClN5OS+. The van der Waals surface area contributed by atoms with E-state index in [-0.39, 0.29) is 17.7 Å². The van der Waals surface area contributed by atoms with Crippen LogP contribution in [0.4, 0.5) is 5.69 Å². The number of thioether (sulfide) groups is 1. The molecule has 0 aliphatic rings. The van der Waals surface area contributed by atoms with E-state index in [4.69, 9.17) is 11.6 Å². The smallest absolute Gasteiger partial charge is 0.234 e. The van der Waals surface area contributed by atoms with E-state index in [1.54, 1.807) is 6.07 Å². The Morgan fingerprint density at radius 1 is 1.20 bits per heavy atom. The van der Waals surface area contributed by atoms with E-state index in [1.807, 2.05) is 37.3 Å². The maximum Gasteiger partial charge on any atom is 0.234 e. The molecule has 0 spiro atoms. The Bertz CT molecular complexity index is 1010. The number of rotatable bonds is 8. The molecule has 0 aliphatic carbocycles. The summed E-state index contributed by atoms with van der Waals surface area (Å²) >= 11 is 7.44. The van der Waals surface area contributed by atoms with Crippen molar-refractivity contribution in [2.45, 2.75) is 31.6 Å². The first-order valence-corrected chi connectivity index (χ1v) is 11.2. The summed E-state index contributed by atoms with van der Waals surface area (Å²) in [5, 5.41) is 13.1. The highest BCUT2D eigenvalue weighted by molar-refractivity contribution is 7.99. The molecule has 3 rings (SSSR count). The van der Waals surface area contributed by atoms with Crippen LogP contribution in [-0.2, 0) is 11.3 Å². The molecule has 3 aromatic rings.